The van der Waals surface area contributed by atoms with Crippen LogP contribution in [-0.2, 0) is 0 Å². The van der Waals surface area contributed by atoms with E-state index in [2.05, 4.69) is 24.0 Å². The van der Waals surface area contributed by atoms with E-state index >= 15 is 0 Å². The van der Waals surface area contributed by atoms with Crippen LogP contribution in [-0.4, -0.2) is 24.1 Å². The van der Waals surface area contributed by atoms with Crippen molar-refractivity contribution < 1.29 is 0 Å². The minimum atomic E-state index is 0.849. The Labute approximate surface area is 86.0 Å². The lowest BCUT2D eigenvalue weighted by atomic mass is 9.82. The highest BCUT2D eigenvalue weighted by atomic mass is 32.2. The summed E-state index contributed by atoms with van der Waals surface area (Å²) in [7, 11) is 0. The Bertz CT molecular complexity index is 156. The van der Waals surface area contributed by atoms with Gasteiger partial charge in [-0.25, -0.2) is 0 Å². The molecule has 1 N–H and O–H groups in total. The van der Waals surface area contributed by atoms with Crippen LogP contribution in [0.2, 0.25) is 0 Å². The molecular weight excluding hydrogens is 178 g/mol. The van der Waals surface area contributed by atoms with Gasteiger partial charge in [-0.05, 0) is 31.2 Å². The first kappa shape index (κ1) is 9.85. The Morgan fingerprint density at radius 1 is 1.31 bits per heavy atom. The van der Waals surface area contributed by atoms with Crippen LogP contribution in [0.4, 0.5) is 0 Å². The average Bonchev–Trinajstić information content (AvgIpc) is 2.01. The lowest BCUT2D eigenvalue weighted by molar-refractivity contribution is 0.270. The molecule has 0 aromatic carbocycles. The van der Waals surface area contributed by atoms with Gasteiger partial charge in [0.15, 0.2) is 0 Å². The molecule has 0 spiro atoms. The number of hydrogen-bond acceptors (Lipinski definition) is 2. The van der Waals surface area contributed by atoms with E-state index in [4.69, 9.17) is 0 Å². The van der Waals surface area contributed by atoms with Crippen LogP contribution in [0.25, 0.3) is 0 Å². The van der Waals surface area contributed by atoms with Crippen molar-refractivity contribution in [3.05, 3.63) is 0 Å². The zero-order chi connectivity index (χ0) is 9.10. The molecule has 1 saturated carbocycles. The van der Waals surface area contributed by atoms with Crippen LogP contribution >= 0.6 is 11.8 Å². The summed E-state index contributed by atoms with van der Waals surface area (Å²) in [5.74, 6) is 4.66. The van der Waals surface area contributed by atoms with E-state index in [0.717, 1.165) is 17.9 Å². The minimum absolute atomic E-state index is 0.849. The molecule has 2 aliphatic rings. The lowest BCUT2D eigenvalue weighted by Gasteiger charge is -2.31. The van der Waals surface area contributed by atoms with Crippen molar-refractivity contribution >= 4 is 11.8 Å². The Morgan fingerprint density at radius 3 is 2.77 bits per heavy atom. The predicted molar refractivity (Wildman–Crippen MR) is 60.2 cm³/mol. The van der Waals surface area contributed by atoms with Gasteiger partial charge in [0.25, 0.3) is 0 Å². The largest absolute Gasteiger partial charge is 0.312 e. The van der Waals surface area contributed by atoms with Gasteiger partial charge in [-0.2, -0.15) is 11.8 Å². The van der Waals surface area contributed by atoms with E-state index in [1.807, 2.05) is 0 Å². The molecule has 1 saturated heterocycles. The Morgan fingerprint density at radius 2 is 2.15 bits per heavy atom. The fourth-order valence-electron chi connectivity index (χ4n) is 2.43. The van der Waals surface area contributed by atoms with Crippen molar-refractivity contribution in [2.45, 2.75) is 38.6 Å². The molecule has 2 fully saturated rings. The van der Waals surface area contributed by atoms with Gasteiger partial charge in [-0.1, -0.05) is 19.8 Å². The second-order valence-corrected chi connectivity index (χ2v) is 5.86. The van der Waals surface area contributed by atoms with Crippen LogP contribution in [0.15, 0.2) is 0 Å². The van der Waals surface area contributed by atoms with E-state index in [1.165, 1.54) is 43.7 Å². The molecule has 2 heteroatoms. The highest BCUT2D eigenvalue weighted by Gasteiger charge is 2.22. The van der Waals surface area contributed by atoms with E-state index in [-0.39, 0.29) is 0 Å². The molecule has 0 bridgehead atoms. The molecule has 2 rings (SSSR count). The third-order valence-electron chi connectivity index (χ3n) is 3.38. The van der Waals surface area contributed by atoms with Crippen molar-refractivity contribution in [1.29, 1.82) is 0 Å². The normalized spacial score (nSPS) is 35.8. The zero-order valence-corrected chi connectivity index (χ0v) is 9.41. The maximum absolute atomic E-state index is 3.69. The predicted octanol–water partition coefficient (Wildman–Crippen LogP) is 2.52. The molecule has 0 aromatic heterocycles. The van der Waals surface area contributed by atoms with Gasteiger partial charge in [0.05, 0.1) is 0 Å². The molecule has 0 amide bonds. The number of rotatable bonds is 3. The molecule has 0 aromatic rings. The molecule has 1 heterocycles. The van der Waals surface area contributed by atoms with Crippen LogP contribution in [0, 0.1) is 11.8 Å². The van der Waals surface area contributed by atoms with Crippen LogP contribution in [0.3, 0.4) is 0 Å². The molecule has 76 valence electrons. The maximum Gasteiger partial charge on any atom is 0.0248 e. The fraction of sp³-hybridized carbons (Fsp3) is 1.00. The van der Waals surface area contributed by atoms with Gasteiger partial charge in [0.1, 0.15) is 0 Å². The Hall–Kier alpha value is 0.310. The number of thioether (sulfide) groups is 1. The van der Waals surface area contributed by atoms with Gasteiger partial charge in [0.2, 0.25) is 0 Å². The zero-order valence-electron chi connectivity index (χ0n) is 8.59. The highest BCUT2D eigenvalue weighted by Crippen LogP contribution is 2.28. The topological polar surface area (TPSA) is 12.0 Å². The standard InChI is InChI=1S/C11H21NS/c1-9-3-2-4-10(5-9)6-12-11-7-13-8-11/h9-12H,2-8H2,1H3. The summed E-state index contributed by atoms with van der Waals surface area (Å²) in [6.45, 7) is 3.70. The SMILES string of the molecule is CC1CCCC(CNC2CSC2)C1. The fourth-order valence-corrected chi connectivity index (χ4v) is 3.14. The third-order valence-corrected chi connectivity index (χ3v) is 4.65. The summed E-state index contributed by atoms with van der Waals surface area (Å²) in [5.41, 5.74) is 0. The highest BCUT2D eigenvalue weighted by molar-refractivity contribution is 8.00. The first-order valence-corrected chi connectivity index (χ1v) is 6.81. The summed E-state index contributed by atoms with van der Waals surface area (Å²) in [4.78, 5) is 0. The first-order valence-electron chi connectivity index (χ1n) is 5.65. The second kappa shape index (κ2) is 4.70. The van der Waals surface area contributed by atoms with E-state index in [9.17, 15) is 0 Å². The summed E-state index contributed by atoms with van der Waals surface area (Å²) < 4.78 is 0. The molecule has 0 radical (unpaired) electrons. The third kappa shape index (κ3) is 2.88. The molecule has 2 atom stereocenters. The average molecular weight is 199 g/mol. The van der Waals surface area contributed by atoms with Gasteiger partial charge >= 0.3 is 0 Å². The van der Waals surface area contributed by atoms with Crippen LogP contribution < -0.4 is 5.32 Å². The number of hydrogen-bond donors (Lipinski definition) is 1. The van der Waals surface area contributed by atoms with E-state index < -0.39 is 0 Å². The summed E-state index contributed by atoms with van der Waals surface area (Å²) in [5, 5.41) is 3.69. The minimum Gasteiger partial charge on any atom is -0.312 e. The monoisotopic (exact) mass is 199 g/mol. The van der Waals surface area contributed by atoms with Gasteiger partial charge < -0.3 is 5.32 Å². The Balaban J connectivity index is 1.62. The summed E-state index contributed by atoms with van der Waals surface area (Å²) in [6.07, 6.45) is 5.87. The second-order valence-electron chi connectivity index (χ2n) is 4.78. The smallest absolute Gasteiger partial charge is 0.0248 e. The molecular formula is C11H21NS. The van der Waals surface area contributed by atoms with Crippen molar-refractivity contribution in [3.8, 4) is 0 Å². The van der Waals surface area contributed by atoms with Gasteiger partial charge in [-0.15, -0.1) is 0 Å². The summed E-state index contributed by atoms with van der Waals surface area (Å²) >= 11 is 2.07. The maximum atomic E-state index is 3.69. The van der Waals surface area contributed by atoms with Crippen molar-refractivity contribution in [2.75, 3.05) is 18.1 Å². The van der Waals surface area contributed by atoms with Crippen molar-refractivity contribution in [1.82, 2.24) is 5.32 Å². The van der Waals surface area contributed by atoms with Gasteiger partial charge in [-0.3, -0.25) is 0 Å². The molecule has 13 heavy (non-hydrogen) atoms. The van der Waals surface area contributed by atoms with E-state index in [0.29, 0.717) is 0 Å². The van der Waals surface area contributed by atoms with Crippen molar-refractivity contribution in [3.63, 3.8) is 0 Å². The van der Waals surface area contributed by atoms with Crippen LogP contribution in [0.1, 0.15) is 32.6 Å². The Kier molecular flexibility index (Phi) is 3.56. The van der Waals surface area contributed by atoms with E-state index in [1.54, 1.807) is 0 Å². The van der Waals surface area contributed by atoms with Crippen LogP contribution in [0.5, 0.6) is 0 Å². The quantitative estimate of drug-likeness (QED) is 0.749. The summed E-state index contributed by atoms with van der Waals surface area (Å²) in [6, 6.07) is 0.849. The molecule has 1 aliphatic heterocycles. The lowest BCUT2D eigenvalue weighted by Crippen LogP contribution is -2.43. The molecule has 1 nitrogen and oxygen atoms in total. The molecule has 2 unspecified atom stereocenters. The van der Waals surface area contributed by atoms with Gasteiger partial charge in [0, 0.05) is 17.5 Å². The number of nitrogens with one attached hydrogen (secondary N) is 1. The van der Waals surface area contributed by atoms with Crippen molar-refractivity contribution in [2.24, 2.45) is 11.8 Å². The first-order chi connectivity index (χ1) is 6.34. The molecule has 1 aliphatic carbocycles.